The molecule has 4 N–H and O–H groups in total. The van der Waals surface area contributed by atoms with Crippen molar-refractivity contribution in [3.05, 3.63) is 45.4 Å². The number of thiazole rings is 1. The van der Waals surface area contributed by atoms with E-state index in [-0.39, 0.29) is 29.3 Å². The van der Waals surface area contributed by atoms with E-state index in [1.807, 2.05) is 0 Å². The summed E-state index contributed by atoms with van der Waals surface area (Å²) in [5.74, 6) is -1.49. The van der Waals surface area contributed by atoms with Crippen LogP contribution in [-0.2, 0) is 0 Å². The number of carboxylic acid groups (broad SMARTS) is 1. The fraction of sp³-hybridized carbons (Fsp3) is 0.294. The standard InChI is InChI=1S/C17H16FN5O3S.ClH/c18-12-5-10-13(24)11(16(25)26)8-23(17-20-2-4-27-17)14(10)21-15(12)22-3-1-9(6-19)7-22;/h2,4-5,8-9H,1,3,6-7,19H2,(H,25,26);1H. The van der Waals surface area contributed by atoms with E-state index in [2.05, 4.69) is 9.97 Å². The summed E-state index contributed by atoms with van der Waals surface area (Å²) in [6.45, 7) is 1.90. The number of carboxylic acids is 1. The molecule has 2 atom stereocenters. The van der Waals surface area contributed by atoms with Gasteiger partial charge in [-0.15, -0.1) is 11.3 Å². The lowest BCUT2D eigenvalue weighted by atomic mass is 10.1. The third-order valence-corrected chi connectivity index (χ3v) is 5.62. The SMILES string of the molecule is NCC1CC[NH+](c2nc3c(cc2F)c(=O)c(C(=O)O)cn3-c2nccs2)C1.[Cl-]. The average molecular weight is 426 g/mol. The zero-order valence-electron chi connectivity index (χ0n) is 14.6. The van der Waals surface area contributed by atoms with Gasteiger partial charge in [0.1, 0.15) is 5.56 Å². The first-order chi connectivity index (χ1) is 13.0. The topological polar surface area (TPSA) is 116 Å². The van der Waals surface area contributed by atoms with Crippen LogP contribution in [0.4, 0.5) is 10.2 Å². The number of fused-ring (bicyclic) bond motifs is 1. The number of halogens is 2. The molecule has 3 aromatic rings. The van der Waals surface area contributed by atoms with Gasteiger partial charge in [0, 0.05) is 36.7 Å². The maximum absolute atomic E-state index is 14.8. The Morgan fingerprint density at radius 3 is 2.89 bits per heavy atom. The van der Waals surface area contributed by atoms with Crippen LogP contribution in [0, 0.1) is 11.7 Å². The van der Waals surface area contributed by atoms with E-state index in [4.69, 9.17) is 5.73 Å². The van der Waals surface area contributed by atoms with E-state index in [0.717, 1.165) is 17.4 Å². The largest absolute Gasteiger partial charge is 1.00 e. The Balaban J connectivity index is 0.00000225. The van der Waals surface area contributed by atoms with Crippen LogP contribution >= 0.6 is 11.3 Å². The summed E-state index contributed by atoms with van der Waals surface area (Å²) in [5.41, 5.74) is 4.70. The summed E-state index contributed by atoms with van der Waals surface area (Å²) >= 11 is 1.26. The second-order valence-corrected chi connectivity index (χ2v) is 7.37. The molecule has 0 spiro atoms. The van der Waals surface area contributed by atoms with Crippen LogP contribution < -0.4 is 28.5 Å². The van der Waals surface area contributed by atoms with Crippen molar-refractivity contribution in [1.82, 2.24) is 14.5 Å². The zero-order chi connectivity index (χ0) is 19.1. The number of hydrogen-bond acceptors (Lipinski definition) is 6. The third kappa shape index (κ3) is 3.39. The summed E-state index contributed by atoms with van der Waals surface area (Å²) in [5, 5.41) is 11.4. The predicted molar refractivity (Wildman–Crippen MR) is 97.4 cm³/mol. The number of nitrogens with zero attached hydrogens (tertiary/aromatic N) is 3. The van der Waals surface area contributed by atoms with Crippen molar-refractivity contribution in [3.63, 3.8) is 0 Å². The van der Waals surface area contributed by atoms with E-state index in [9.17, 15) is 19.1 Å². The Morgan fingerprint density at radius 2 is 2.29 bits per heavy atom. The van der Waals surface area contributed by atoms with Crippen molar-refractivity contribution < 1.29 is 31.6 Å². The molecular weight excluding hydrogens is 409 g/mol. The van der Waals surface area contributed by atoms with Gasteiger partial charge in [-0.2, -0.15) is 9.37 Å². The van der Waals surface area contributed by atoms with Crippen molar-refractivity contribution in [3.8, 4) is 5.13 Å². The quantitative estimate of drug-likeness (QED) is 0.415. The fourth-order valence-corrected chi connectivity index (χ4v) is 4.07. The first-order valence-corrected chi connectivity index (χ1v) is 9.31. The average Bonchev–Trinajstić information content (AvgIpc) is 3.33. The highest BCUT2D eigenvalue weighted by atomic mass is 35.5. The van der Waals surface area contributed by atoms with Crippen LogP contribution in [0.1, 0.15) is 16.8 Å². The zero-order valence-corrected chi connectivity index (χ0v) is 16.1. The molecule has 1 aliphatic heterocycles. The summed E-state index contributed by atoms with van der Waals surface area (Å²) in [6.07, 6.45) is 3.64. The Morgan fingerprint density at radius 1 is 1.50 bits per heavy atom. The van der Waals surface area contributed by atoms with Crippen LogP contribution in [0.15, 0.2) is 28.6 Å². The van der Waals surface area contributed by atoms with Gasteiger partial charge >= 0.3 is 5.97 Å². The van der Waals surface area contributed by atoms with Gasteiger partial charge in [-0.1, -0.05) is 0 Å². The maximum Gasteiger partial charge on any atom is 0.341 e. The maximum atomic E-state index is 14.8. The normalized spacial score (nSPS) is 18.9. The number of quaternary nitrogens is 1. The minimum Gasteiger partial charge on any atom is -1.00 e. The van der Waals surface area contributed by atoms with E-state index in [1.165, 1.54) is 22.1 Å². The monoisotopic (exact) mass is 425 g/mol. The number of aromatic carboxylic acids is 1. The highest BCUT2D eigenvalue weighted by Gasteiger charge is 2.31. The molecule has 1 saturated heterocycles. The van der Waals surface area contributed by atoms with Gasteiger partial charge in [-0.25, -0.2) is 9.78 Å². The number of aromatic nitrogens is 3. The molecule has 11 heteroatoms. The molecule has 148 valence electrons. The summed E-state index contributed by atoms with van der Waals surface area (Å²) in [6, 6.07) is 1.08. The van der Waals surface area contributed by atoms with Crippen LogP contribution in [0.25, 0.3) is 16.2 Å². The molecule has 2 unspecified atom stereocenters. The van der Waals surface area contributed by atoms with Crippen LogP contribution in [0.5, 0.6) is 0 Å². The minimum absolute atomic E-state index is 0. The Hall–Kier alpha value is -2.40. The first-order valence-electron chi connectivity index (χ1n) is 8.43. The lowest BCUT2D eigenvalue weighted by Gasteiger charge is -2.14. The molecule has 0 amide bonds. The highest BCUT2D eigenvalue weighted by Crippen LogP contribution is 2.21. The minimum atomic E-state index is -1.38. The molecule has 3 aromatic heterocycles. The van der Waals surface area contributed by atoms with E-state index in [1.54, 1.807) is 11.6 Å². The molecular formula is C17H17ClFN5O3S. The second kappa shape index (κ2) is 7.92. The van der Waals surface area contributed by atoms with Crippen LogP contribution in [0.2, 0.25) is 0 Å². The second-order valence-electron chi connectivity index (χ2n) is 6.50. The molecule has 0 saturated carbocycles. The molecule has 28 heavy (non-hydrogen) atoms. The van der Waals surface area contributed by atoms with Gasteiger partial charge in [-0.3, -0.25) is 14.3 Å². The lowest BCUT2D eigenvalue weighted by molar-refractivity contribution is -0.823. The van der Waals surface area contributed by atoms with Gasteiger partial charge in [0.2, 0.25) is 11.2 Å². The number of rotatable bonds is 4. The molecule has 4 heterocycles. The van der Waals surface area contributed by atoms with Crippen molar-refractivity contribution >= 4 is 34.2 Å². The number of pyridine rings is 2. The van der Waals surface area contributed by atoms with E-state index in [0.29, 0.717) is 30.7 Å². The molecule has 0 bridgehead atoms. The fourth-order valence-electron chi connectivity index (χ4n) is 3.45. The highest BCUT2D eigenvalue weighted by molar-refractivity contribution is 7.12. The molecule has 4 rings (SSSR count). The Kier molecular flexibility index (Phi) is 5.75. The van der Waals surface area contributed by atoms with Gasteiger partial charge in [0.15, 0.2) is 10.8 Å². The molecule has 0 aromatic carbocycles. The van der Waals surface area contributed by atoms with E-state index >= 15 is 0 Å². The Bertz CT molecular complexity index is 1090. The van der Waals surface area contributed by atoms with Gasteiger partial charge in [0.05, 0.1) is 18.5 Å². The summed E-state index contributed by atoms with van der Waals surface area (Å²) in [4.78, 5) is 33.5. The summed E-state index contributed by atoms with van der Waals surface area (Å²) in [7, 11) is 0. The molecule has 1 fully saturated rings. The Labute approximate surface area is 168 Å². The van der Waals surface area contributed by atoms with Gasteiger partial charge in [-0.05, 0) is 6.07 Å². The number of hydrogen-bond donors (Lipinski definition) is 3. The van der Waals surface area contributed by atoms with Crippen molar-refractivity contribution in [2.75, 3.05) is 19.6 Å². The molecule has 8 nitrogen and oxygen atoms in total. The lowest BCUT2D eigenvalue weighted by Crippen LogP contribution is -3.06. The molecule has 1 aliphatic rings. The van der Waals surface area contributed by atoms with Crippen molar-refractivity contribution in [2.24, 2.45) is 11.7 Å². The molecule has 0 radical (unpaired) electrons. The van der Waals surface area contributed by atoms with Crippen LogP contribution in [-0.4, -0.2) is 45.2 Å². The van der Waals surface area contributed by atoms with Crippen molar-refractivity contribution in [2.45, 2.75) is 6.42 Å². The summed E-state index contributed by atoms with van der Waals surface area (Å²) < 4.78 is 16.2. The van der Waals surface area contributed by atoms with Gasteiger partial charge < -0.3 is 23.2 Å². The number of carbonyl (C=O) groups is 1. The molecule has 0 aliphatic carbocycles. The smallest absolute Gasteiger partial charge is 0.341 e. The number of nitrogens with one attached hydrogen (secondary N) is 1. The first kappa shape index (κ1) is 20.3. The third-order valence-electron chi connectivity index (χ3n) is 4.84. The van der Waals surface area contributed by atoms with E-state index < -0.39 is 22.8 Å². The van der Waals surface area contributed by atoms with Gasteiger partial charge in [0.25, 0.3) is 5.82 Å². The van der Waals surface area contributed by atoms with Crippen molar-refractivity contribution in [1.29, 1.82) is 0 Å². The predicted octanol–water partition coefficient (Wildman–Crippen LogP) is -2.82. The number of nitrogens with two attached hydrogens (primary N) is 1. The van der Waals surface area contributed by atoms with Crippen LogP contribution in [0.3, 0.4) is 0 Å².